The van der Waals surface area contributed by atoms with Crippen molar-refractivity contribution in [1.82, 2.24) is 0 Å². The van der Waals surface area contributed by atoms with E-state index < -0.39 is 6.10 Å². The standard InChI is InChI=1S/C5H8O2/c1-3-5(7)4(2)6/h3,5,7H,1H2,2H3/t5-/m0/s1. The number of carbonyl (C=O) groups excluding carboxylic acids is 1. The van der Waals surface area contributed by atoms with Crippen molar-refractivity contribution in [3.63, 3.8) is 0 Å². The molecular formula is C5H8O2. The summed E-state index contributed by atoms with van der Waals surface area (Å²) in [5, 5.41) is 8.47. The van der Waals surface area contributed by atoms with Gasteiger partial charge in [-0.05, 0) is 6.92 Å². The first-order valence-electron chi connectivity index (χ1n) is 1.99. The third kappa shape index (κ3) is 2.11. The molecule has 2 nitrogen and oxygen atoms in total. The first-order chi connectivity index (χ1) is 3.18. The molecule has 0 rings (SSSR count). The highest BCUT2D eigenvalue weighted by Gasteiger charge is 2.00. The van der Waals surface area contributed by atoms with Crippen LogP contribution in [0, 0.1) is 0 Å². The molecule has 0 aromatic heterocycles. The third-order valence-electron chi connectivity index (χ3n) is 0.640. The van der Waals surface area contributed by atoms with E-state index in [2.05, 4.69) is 6.58 Å². The molecule has 0 unspecified atom stereocenters. The van der Waals surface area contributed by atoms with Gasteiger partial charge in [0, 0.05) is 0 Å². The van der Waals surface area contributed by atoms with Crippen LogP contribution in [-0.2, 0) is 4.79 Å². The molecule has 0 amide bonds. The zero-order valence-electron chi connectivity index (χ0n) is 4.22. The van der Waals surface area contributed by atoms with Crippen LogP contribution in [0.5, 0.6) is 0 Å². The van der Waals surface area contributed by atoms with Crippen molar-refractivity contribution in [1.29, 1.82) is 0 Å². The largest absolute Gasteiger partial charge is 0.381 e. The Hall–Kier alpha value is -0.630. The molecule has 0 fully saturated rings. The Morgan fingerprint density at radius 3 is 2.43 bits per heavy atom. The summed E-state index contributed by atoms with van der Waals surface area (Å²) in [6, 6.07) is 0. The van der Waals surface area contributed by atoms with Crippen LogP contribution >= 0.6 is 0 Å². The lowest BCUT2D eigenvalue weighted by Crippen LogP contribution is -2.12. The molecule has 0 saturated carbocycles. The lowest BCUT2D eigenvalue weighted by molar-refractivity contribution is -0.122. The van der Waals surface area contributed by atoms with Gasteiger partial charge in [0.2, 0.25) is 0 Å². The summed E-state index contributed by atoms with van der Waals surface area (Å²) >= 11 is 0. The summed E-state index contributed by atoms with van der Waals surface area (Å²) in [6.07, 6.45) is 0.225. The highest BCUT2D eigenvalue weighted by atomic mass is 16.3. The minimum absolute atomic E-state index is 0.269. The second-order valence-corrected chi connectivity index (χ2v) is 1.29. The average Bonchev–Trinajstić information content (AvgIpc) is 1.65. The maximum atomic E-state index is 10.1. The minimum atomic E-state index is -0.972. The summed E-state index contributed by atoms with van der Waals surface area (Å²) in [5.74, 6) is -0.269. The van der Waals surface area contributed by atoms with Crippen LogP contribution in [0.3, 0.4) is 0 Å². The molecule has 0 bridgehead atoms. The Morgan fingerprint density at radius 1 is 2.00 bits per heavy atom. The van der Waals surface area contributed by atoms with Crippen LogP contribution in [0.1, 0.15) is 6.92 Å². The molecule has 0 aliphatic heterocycles. The van der Waals surface area contributed by atoms with Gasteiger partial charge >= 0.3 is 0 Å². The molecule has 0 spiro atoms. The smallest absolute Gasteiger partial charge is 0.162 e. The lowest BCUT2D eigenvalue weighted by atomic mass is 10.3. The van der Waals surface area contributed by atoms with Gasteiger partial charge in [-0.1, -0.05) is 6.08 Å². The highest BCUT2D eigenvalue weighted by molar-refractivity contribution is 5.81. The van der Waals surface area contributed by atoms with Crippen molar-refractivity contribution in [2.75, 3.05) is 0 Å². The van der Waals surface area contributed by atoms with Gasteiger partial charge in [0.1, 0.15) is 6.10 Å². The maximum absolute atomic E-state index is 10.1. The van der Waals surface area contributed by atoms with Crippen molar-refractivity contribution in [2.24, 2.45) is 0 Å². The number of hydrogen-bond donors (Lipinski definition) is 1. The monoisotopic (exact) mass is 100 g/mol. The Kier molecular flexibility index (Phi) is 2.30. The summed E-state index contributed by atoms with van der Waals surface area (Å²) in [4.78, 5) is 10.1. The van der Waals surface area contributed by atoms with Crippen LogP contribution in [0.4, 0.5) is 0 Å². The van der Waals surface area contributed by atoms with Crippen LogP contribution in [0.15, 0.2) is 12.7 Å². The second kappa shape index (κ2) is 2.53. The minimum Gasteiger partial charge on any atom is -0.381 e. The van der Waals surface area contributed by atoms with E-state index in [0.29, 0.717) is 0 Å². The first kappa shape index (κ1) is 6.37. The number of aliphatic hydroxyl groups is 1. The predicted octanol–water partition coefficient (Wildman–Crippen LogP) is 0.122. The van der Waals surface area contributed by atoms with E-state index in [4.69, 9.17) is 5.11 Å². The summed E-state index contributed by atoms with van der Waals surface area (Å²) in [6.45, 7) is 4.52. The van der Waals surface area contributed by atoms with Gasteiger partial charge in [0.25, 0.3) is 0 Å². The number of Topliss-reactive ketones (excluding diaryl/α,β-unsaturated/α-hetero) is 1. The summed E-state index contributed by atoms with van der Waals surface area (Å²) < 4.78 is 0. The van der Waals surface area contributed by atoms with E-state index in [9.17, 15) is 4.79 Å². The van der Waals surface area contributed by atoms with Crippen LogP contribution < -0.4 is 0 Å². The zero-order chi connectivity index (χ0) is 5.86. The van der Waals surface area contributed by atoms with Crippen LogP contribution in [-0.4, -0.2) is 17.0 Å². The Balaban J connectivity index is 3.55. The fraction of sp³-hybridized carbons (Fsp3) is 0.400. The van der Waals surface area contributed by atoms with Gasteiger partial charge in [-0.2, -0.15) is 0 Å². The topological polar surface area (TPSA) is 37.3 Å². The van der Waals surface area contributed by atoms with Gasteiger partial charge in [-0.15, -0.1) is 6.58 Å². The van der Waals surface area contributed by atoms with Crippen molar-refractivity contribution in [3.8, 4) is 0 Å². The van der Waals surface area contributed by atoms with E-state index in [1.807, 2.05) is 0 Å². The summed E-state index contributed by atoms with van der Waals surface area (Å²) in [7, 11) is 0. The molecule has 7 heavy (non-hydrogen) atoms. The zero-order valence-corrected chi connectivity index (χ0v) is 4.22. The Morgan fingerprint density at radius 2 is 2.43 bits per heavy atom. The molecule has 0 saturated heterocycles. The van der Waals surface area contributed by atoms with E-state index >= 15 is 0 Å². The van der Waals surface area contributed by atoms with Crippen molar-refractivity contribution >= 4 is 5.78 Å². The molecule has 1 atom stereocenters. The highest BCUT2D eigenvalue weighted by Crippen LogP contribution is 1.82. The second-order valence-electron chi connectivity index (χ2n) is 1.29. The number of rotatable bonds is 2. The molecule has 0 aromatic carbocycles. The van der Waals surface area contributed by atoms with Gasteiger partial charge in [0.05, 0.1) is 0 Å². The fourth-order valence-corrected chi connectivity index (χ4v) is 0.166. The Bertz CT molecular complexity index is 86.1. The molecule has 40 valence electrons. The molecule has 0 aliphatic carbocycles. The van der Waals surface area contributed by atoms with E-state index in [1.165, 1.54) is 13.0 Å². The molecule has 0 heterocycles. The molecule has 0 aliphatic rings. The van der Waals surface area contributed by atoms with E-state index in [0.717, 1.165) is 0 Å². The van der Waals surface area contributed by atoms with Crippen molar-refractivity contribution < 1.29 is 9.90 Å². The summed E-state index contributed by atoms with van der Waals surface area (Å²) in [5.41, 5.74) is 0. The van der Waals surface area contributed by atoms with E-state index in [1.54, 1.807) is 0 Å². The maximum Gasteiger partial charge on any atom is 0.162 e. The Labute approximate surface area is 42.5 Å². The fourth-order valence-electron chi connectivity index (χ4n) is 0.166. The number of hydrogen-bond acceptors (Lipinski definition) is 2. The van der Waals surface area contributed by atoms with Crippen LogP contribution in [0.25, 0.3) is 0 Å². The predicted molar refractivity (Wildman–Crippen MR) is 26.9 cm³/mol. The van der Waals surface area contributed by atoms with Gasteiger partial charge in [0.15, 0.2) is 5.78 Å². The molecule has 2 heteroatoms. The number of carbonyl (C=O) groups is 1. The first-order valence-corrected chi connectivity index (χ1v) is 1.99. The molecule has 1 N–H and O–H groups in total. The van der Waals surface area contributed by atoms with Crippen molar-refractivity contribution in [2.45, 2.75) is 13.0 Å². The molecule has 0 aromatic rings. The average molecular weight is 100 g/mol. The van der Waals surface area contributed by atoms with Gasteiger partial charge in [-0.3, -0.25) is 4.79 Å². The van der Waals surface area contributed by atoms with E-state index in [-0.39, 0.29) is 5.78 Å². The van der Waals surface area contributed by atoms with Crippen LogP contribution in [0.2, 0.25) is 0 Å². The van der Waals surface area contributed by atoms with Gasteiger partial charge < -0.3 is 5.11 Å². The SMILES string of the molecule is C=C[C@H](O)C(C)=O. The third-order valence-corrected chi connectivity index (χ3v) is 0.640. The number of ketones is 1. The normalized spacial score (nSPS) is 12.9. The molecular weight excluding hydrogens is 92.1 g/mol. The number of aliphatic hydroxyl groups excluding tert-OH is 1. The van der Waals surface area contributed by atoms with Crippen molar-refractivity contribution in [3.05, 3.63) is 12.7 Å². The van der Waals surface area contributed by atoms with Gasteiger partial charge in [-0.25, -0.2) is 0 Å². The lowest BCUT2D eigenvalue weighted by Gasteiger charge is -1.93. The quantitative estimate of drug-likeness (QED) is 0.500. The molecule has 0 radical (unpaired) electrons.